The smallest absolute Gasteiger partial charge is 0.289 e. The lowest BCUT2D eigenvalue weighted by Crippen LogP contribution is -2.18. The first-order valence-electron chi connectivity index (χ1n) is 10.7. The van der Waals surface area contributed by atoms with E-state index in [0.717, 1.165) is 11.1 Å². The Hall–Kier alpha value is -4.59. The van der Waals surface area contributed by atoms with E-state index in [2.05, 4.69) is 20.7 Å². The molecule has 4 aromatic rings. The molecule has 8 nitrogen and oxygen atoms in total. The van der Waals surface area contributed by atoms with Crippen LogP contribution in [0.1, 0.15) is 28.5 Å². The second-order valence-corrected chi connectivity index (χ2v) is 7.30. The summed E-state index contributed by atoms with van der Waals surface area (Å²) in [4.78, 5) is 12.5. The number of phenolic OH excluding ortho intramolecular Hbond substituents is 1. The van der Waals surface area contributed by atoms with E-state index in [9.17, 15) is 9.90 Å². The number of H-pyrrole nitrogens is 1. The summed E-state index contributed by atoms with van der Waals surface area (Å²) in [6.07, 6.45) is 1.35. The first-order valence-corrected chi connectivity index (χ1v) is 10.7. The fraction of sp³-hybridized carbons (Fsp3) is 0.115. The molecule has 0 bridgehead atoms. The Labute approximate surface area is 196 Å². The largest absolute Gasteiger partial charge is 0.504 e. The van der Waals surface area contributed by atoms with Crippen LogP contribution in [0.4, 0.5) is 0 Å². The number of amides is 1. The Morgan fingerprint density at radius 3 is 2.71 bits per heavy atom. The van der Waals surface area contributed by atoms with Crippen LogP contribution in [0, 0.1) is 0 Å². The Kier molecular flexibility index (Phi) is 7.19. The van der Waals surface area contributed by atoms with Gasteiger partial charge < -0.3 is 14.6 Å². The van der Waals surface area contributed by atoms with Gasteiger partial charge in [-0.25, -0.2) is 5.43 Å². The number of hydrogen-bond acceptors (Lipinski definition) is 6. The van der Waals surface area contributed by atoms with Crippen molar-refractivity contribution in [2.45, 2.75) is 13.5 Å². The second kappa shape index (κ2) is 10.8. The third-order valence-electron chi connectivity index (χ3n) is 4.90. The minimum absolute atomic E-state index is 0.0412. The zero-order valence-electron chi connectivity index (χ0n) is 18.6. The topological polar surface area (TPSA) is 109 Å². The molecule has 1 heterocycles. The summed E-state index contributed by atoms with van der Waals surface area (Å²) in [5, 5.41) is 21.1. The molecule has 1 amide bonds. The van der Waals surface area contributed by atoms with Gasteiger partial charge in [0.25, 0.3) is 5.91 Å². The van der Waals surface area contributed by atoms with Crippen LogP contribution in [0.3, 0.4) is 0 Å². The van der Waals surface area contributed by atoms with Crippen LogP contribution in [-0.2, 0) is 6.61 Å². The average Bonchev–Trinajstić information content (AvgIpc) is 3.37. The number of rotatable bonds is 9. The van der Waals surface area contributed by atoms with Crippen molar-refractivity contribution in [3.8, 4) is 28.5 Å². The Morgan fingerprint density at radius 1 is 1.06 bits per heavy atom. The fourth-order valence-electron chi connectivity index (χ4n) is 3.21. The van der Waals surface area contributed by atoms with E-state index in [4.69, 9.17) is 9.47 Å². The molecule has 172 valence electrons. The van der Waals surface area contributed by atoms with Crippen molar-refractivity contribution in [1.29, 1.82) is 0 Å². The summed E-state index contributed by atoms with van der Waals surface area (Å²) < 4.78 is 11.2. The number of aromatic hydroxyl groups is 1. The minimum Gasteiger partial charge on any atom is -0.504 e. The van der Waals surface area contributed by atoms with Gasteiger partial charge in [0.2, 0.25) is 0 Å². The molecule has 0 aliphatic rings. The van der Waals surface area contributed by atoms with Gasteiger partial charge in [-0.05, 0) is 42.8 Å². The molecule has 34 heavy (non-hydrogen) atoms. The highest BCUT2D eigenvalue weighted by atomic mass is 16.5. The maximum absolute atomic E-state index is 12.5. The molecule has 8 heteroatoms. The Bertz CT molecular complexity index is 1280. The summed E-state index contributed by atoms with van der Waals surface area (Å²) >= 11 is 0. The average molecular weight is 457 g/mol. The zero-order valence-corrected chi connectivity index (χ0v) is 18.6. The highest BCUT2D eigenvalue weighted by Gasteiger charge is 2.12. The third-order valence-corrected chi connectivity index (χ3v) is 4.90. The summed E-state index contributed by atoms with van der Waals surface area (Å²) in [7, 11) is 0. The standard InChI is InChI=1S/C26H24N4O4/c1-2-33-24-13-7-11-20(25(24)31)16-27-30-26(32)23-15-22(28-29-23)19-10-6-12-21(14-19)34-17-18-8-4-3-5-9-18/h3-16,31H,2,17H2,1H3,(H,28,29)(H,30,32)/b27-16-. The molecule has 0 spiro atoms. The van der Waals surface area contributed by atoms with Gasteiger partial charge in [-0.15, -0.1) is 0 Å². The van der Waals surface area contributed by atoms with Crippen LogP contribution in [0.5, 0.6) is 17.2 Å². The van der Waals surface area contributed by atoms with Crippen LogP contribution in [0.2, 0.25) is 0 Å². The van der Waals surface area contributed by atoms with Gasteiger partial charge in [0, 0.05) is 11.1 Å². The summed E-state index contributed by atoms with van der Waals surface area (Å²) in [6, 6.07) is 24.1. The van der Waals surface area contributed by atoms with E-state index >= 15 is 0 Å². The number of carbonyl (C=O) groups excluding carboxylic acids is 1. The molecule has 0 radical (unpaired) electrons. The summed E-state index contributed by atoms with van der Waals surface area (Å²) in [5.41, 5.74) is 5.57. The number of benzene rings is 3. The lowest BCUT2D eigenvalue weighted by atomic mass is 10.1. The number of ether oxygens (including phenoxy) is 2. The molecule has 0 saturated carbocycles. The van der Waals surface area contributed by atoms with Crippen molar-refractivity contribution >= 4 is 12.1 Å². The van der Waals surface area contributed by atoms with Gasteiger partial charge >= 0.3 is 0 Å². The van der Waals surface area contributed by atoms with Crippen molar-refractivity contribution in [2.24, 2.45) is 5.10 Å². The van der Waals surface area contributed by atoms with Crippen molar-refractivity contribution in [2.75, 3.05) is 6.61 Å². The van der Waals surface area contributed by atoms with Crippen LogP contribution >= 0.6 is 0 Å². The van der Waals surface area contributed by atoms with Crippen molar-refractivity contribution < 1.29 is 19.4 Å². The van der Waals surface area contributed by atoms with Crippen molar-refractivity contribution in [3.63, 3.8) is 0 Å². The van der Waals surface area contributed by atoms with Gasteiger partial charge in [-0.2, -0.15) is 10.2 Å². The van der Waals surface area contributed by atoms with Gasteiger partial charge in [0.05, 0.1) is 18.5 Å². The quantitative estimate of drug-likeness (QED) is 0.253. The number of aromatic amines is 1. The Morgan fingerprint density at radius 2 is 1.88 bits per heavy atom. The highest BCUT2D eigenvalue weighted by molar-refractivity contribution is 5.94. The van der Waals surface area contributed by atoms with Crippen molar-refractivity contribution in [1.82, 2.24) is 15.6 Å². The van der Waals surface area contributed by atoms with Gasteiger partial charge in [-0.3, -0.25) is 9.89 Å². The van der Waals surface area contributed by atoms with E-state index in [0.29, 0.717) is 36.0 Å². The summed E-state index contributed by atoms with van der Waals surface area (Å²) in [6.45, 7) is 2.71. The molecule has 0 atom stereocenters. The SMILES string of the molecule is CCOc1cccc(/C=N\NC(=O)c2cc(-c3cccc(OCc4ccccc4)c3)n[nH]2)c1O. The molecule has 1 aromatic heterocycles. The molecule has 0 fully saturated rings. The van der Waals surface area contributed by atoms with E-state index < -0.39 is 5.91 Å². The van der Waals surface area contributed by atoms with Crippen LogP contribution in [0.25, 0.3) is 11.3 Å². The first-order chi connectivity index (χ1) is 16.6. The first kappa shape index (κ1) is 22.6. The number of para-hydroxylation sites is 1. The van der Waals surface area contributed by atoms with E-state index in [1.807, 2.05) is 61.5 Å². The number of phenols is 1. The molecule has 4 rings (SSSR count). The number of hydrogen-bond donors (Lipinski definition) is 3. The number of hydrazone groups is 1. The maximum atomic E-state index is 12.5. The normalized spacial score (nSPS) is 10.9. The van der Waals surface area contributed by atoms with E-state index in [1.54, 1.807) is 24.3 Å². The number of nitrogens with one attached hydrogen (secondary N) is 2. The third kappa shape index (κ3) is 5.60. The molecular formula is C26H24N4O4. The number of aromatic nitrogens is 2. The predicted molar refractivity (Wildman–Crippen MR) is 129 cm³/mol. The number of nitrogens with zero attached hydrogens (tertiary/aromatic N) is 2. The van der Waals surface area contributed by atoms with Gasteiger partial charge in [0.1, 0.15) is 18.1 Å². The highest BCUT2D eigenvalue weighted by Crippen LogP contribution is 2.28. The monoisotopic (exact) mass is 456 g/mol. The maximum Gasteiger partial charge on any atom is 0.289 e. The van der Waals surface area contributed by atoms with E-state index in [-0.39, 0.29) is 11.4 Å². The molecule has 3 N–H and O–H groups in total. The minimum atomic E-state index is -0.466. The molecule has 0 aliphatic carbocycles. The second-order valence-electron chi connectivity index (χ2n) is 7.30. The molecular weight excluding hydrogens is 432 g/mol. The molecule has 0 saturated heterocycles. The molecule has 0 unspecified atom stereocenters. The van der Waals surface area contributed by atoms with Crippen LogP contribution < -0.4 is 14.9 Å². The predicted octanol–water partition coefficient (Wildman–Crippen LogP) is 4.52. The lowest BCUT2D eigenvalue weighted by molar-refractivity contribution is 0.0950. The lowest BCUT2D eigenvalue weighted by Gasteiger charge is -2.07. The Balaban J connectivity index is 1.39. The van der Waals surface area contributed by atoms with E-state index in [1.165, 1.54) is 6.21 Å². The van der Waals surface area contributed by atoms with Crippen LogP contribution in [-0.4, -0.2) is 34.0 Å². The van der Waals surface area contributed by atoms with Crippen LogP contribution in [0.15, 0.2) is 84.0 Å². The van der Waals surface area contributed by atoms with Gasteiger partial charge in [-0.1, -0.05) is 48.5 Å². The van der Waals surface area contributed by atoms with Gasteiger partial charge in [0.15, 0.2) is 11.5 Å². The summed E-state index contributed by atoms with van der Waals surface area (Å²) in [5.74, 6) is 0.549. The molecule has 0 aliphatic heterocycles. The van der Waals surface area contributed by atoms with Crippen molar-refractivity contribution in [3.05, 3.63) is 95.7 Å². The number of carbonyl (C=O) groups is 1. The fourth-order valence-corrected chi connectivity index (χ4v) is 3.21. The molecule has 3 aromatic carbocycles. The zero-order chi connectivity index (χ0) is 23.8.